The zero-order valence-electron chi connectivity index (χ0n) is 20.6. The molecule has 5 rings (SSSR count). The van der Waals surface area contributed by atoms with Gasteiger partial charge in [0.05, 0.1) is 40.9 Å². The molecular formula is C26H34N6O3. The van der Waals surface area contributed by atoms with Crippen molar-refractivity contribution in [1.29, 1.82) is 0 Å². The Kier molecular flexibility index (Phi) is 5.94. The first-order valence-corrected chi connectivity index (χ1v) is 12.1. The van der Waals surface area contributed by atoms with Crippen LogP contribution in [0.15, 0.2) is 36.2 Å². The second kappa shape index (κ2) is 8.82. The summed E-state index contributed by atoms with van der Waals surface area (Å²) in [5.41, 5.74) is 11.0. The number of fused-ring (bicyclic) bond motifs is 3. The number of ether oxygens (including phenoxy) is 1. The number of benzene rings is 1. The standard InChI is InChI=1S/C26H34N6O3/c1-16(27)24(30(3)28)19-11-22-23(29-12-19)20-10-18(25(33)31-14-26(2,34)15-31)4-5-21(20)32(22)13-17-6-8-35-9-7-17/h4-5,10-12,17,34H,6-9,13-15,27-28H2,1-3H3/b24-16-. The van der Waals surface area contributed by atoms with E-state index >= 15 is 0 Å². The van der Waals surface area contributed by atoms with Crippen LogP contribution in [0.5, 0.6) is 0 Å². The van der Waals surface area contributed by atoms with Gasteiger partial charge in [-0.05, 0) is 56.9 Å². The first kappa shape index (κ1) is 23.6. The van der Waals surface area contributed by atoms with Gasteiger partial charge in [-0.1, -0.05) is 0 Å². The highest BCUT2D eigenvalue weighted by Crippen LogP contribution is 2.33. The number of nitrogens with two attached hydrogens (primary N) is 2. The molecular weight excluding hydrogens is 444 g/mol. The number of nitrogens with zero attached hydrogens (tertiary/aromatic N) is 4. The van der Waals surface area contributed by atoms with Gasteiger partial charge in [-0.2, -0.15) is 0 Å². The fraction of sp³-hybridized carbons (Fsp3) is 0.462. The monoisotopic (exact) mass is 478 g/mol. The van der Waals surface area contributed by atoms with Gasteiger partial charge in [0.15, 0.2) is 0 Å². The molecule has 2 aromatic heterocycles. The molecule has 1 amide bonds. The maximum Gasteiger partial charge on any atom is 0.254 e. The molecule has 35 heavy (non-hydrogen) atoms. The van der Waals surface area contributed by atoms with E-state index in [9.17, 15) is 9.90 Å². The van der Waals surface area contributed by atoms with Crippen LogP contribution in [0, 0.1) is 5.92 Å². The normalized spacial score (nSPS) is 19.1. The Balaban J connectivity index is 1.63. The van der Waals surface area contributed by atoms with Crippen molar-refractivity contribution in [2.75, 3.05) is 33.4 Å². The van der Waals surface area contributed by atoms with E-state index in [1.807, 2.05) is 25.1 Å². The number of carbonyl (C=O) groups excluding carboxylic acids is 1. The Morgan fingerprint density at radius 1 is 1.23 bits per heavy atom. The number of aromatic nitrogens is 2. The van der Waals surface area contributed by atoms with Gasteiger partial charge in [0, 0.05) is 55.2 Å². The maximum absolute atomic E-state index is 13.0. The molecule has 0 saturated carbocycles. The number of hydrogen-bond acceptors (Lipinski definition) is 7. The number of pyridine rings is 1. The van der Waals surface area contributed by atoms with E-state index in [0.29, 0.717) is 30.3 Å². The summed E-state index contributed by atoms with van der Waals surface area (Å²) in [6, 6.07) is 7.91. The molecule has 3 aromatic rings. The lowest BCUT2D eigenvalue weighted by molar-refractivity contribution is -0.0668. The average molecular weight is 479 g/mol. The molecule has 186 valence electrons. The average Bonchev–Trinajstić information content (AvgIpc) is 3.09. The number of likely N-dealkylation sites (tertiary alicyclic amines) is 1. The molecule has 2 saturated heterocycles. The third-order valence-electron chi connectivity index (χ3n) is 7.08. The third kappa shape index (κ3) is 4.35. The summed E-state index contributed by atoms with van der Waals surface area (Å²) in [5.74, 6) is 6.51. The largest absolute Gasteiger partial charge is 0.401 e. The first-order valence-electron chi connectivity index (χ1n) is 12.1. The van der Waals surface area contributed by atoms with Crippen LogP contribution in [-0.2, 0) is 11.3 Å². The molecule has 2 aliphatic rings. The second-order valence-electron chi connectivity index (χ2n) is 10.3. The minimum Gasteiger partial charge on any atom is -0.401 e. The van der Waals surface area contributed by atoms with Crippen molar-refractivity contribution in [2.45, 2.75) is 38.8 Å². The van der Waals surface area contributed by atoms with Crippen LogP contribution in [0.25, 0.3) is 27.6 Å². The Hall–Kier alpha value is -3.14. The van der Waals surface area contributed by atoms with Crippen molar-refractivity contribution >= 4 is 33.5 Å². The van der Waals surface area contributed by atoms with Gasteiger partial charge in [0.2, 0.25) is 0 Å². The first-order chi connectivity index (χ1) is 16.6. The lowest BCUT2D eigenvalue weighted by Crippen LogP contribution is -2.61. The van der Waals surface area contributed by atoms with E-state index in [0.717, 1.165) is 65.8 Å². The van der Waals surface area contributed by atoms with Gasteiger partial charge >= 0.3 is 0 Å². The van der Waals surface area contributed by atoms with Gasteiger partial charge in [0.1, 0.15) is 0 Å². The van der Waals surface area contributed by atoms with E-state index in [4.69, 9.17) is 21.3 Å². The topological polar surface area (TPSA) is 123 Å². The number of rotatable bonds is 5. The highest BCUT2D eigenvalue weighted by Gasteiger charge is 2.39. The van der Waals surface area contributed by atoms with E-state index in [1.165, 1.54) is 5.01 Å². The van der Waals surface area contributed by atoms with Crippen molar-refractivity contribution in [3.05, 3.63) is 47.3 Å². The van der Waals surface area contributed by atoms with E-state index in [-0.39, 0.29) is 5.91 Å². The summed E-state index contributed by atoms with van der Waals surface area (Å²) in [4.78, 5) is 19.5. The Morgan fingerprint density at radius 2 is 1.94 bits per heavy atom. The Bertz CT molecular complexity index is 1310. The summed E-state index contributed by atoms with van der Waals surface area (Å²) >= 11 is 0. The SMILES string of the molecule is C/C(N)=C(\c1cnc2c3cc(C(=O)N4CC(C)(O)C4)ccc3n(CC3CCOCC3)c2c1)N(C)N. The molecule has 0 radical (unpaired) electrons. The predicted octanol–water partition coefficient (Wildman–Crippen LogP) is 2.28. The van der Waals surface area contributed by atoms with Gasteiger partial charge in [-0.25, -0.2) is 5.84 Å². The van der Waals surface area contributed by atoms with Crippen LogP contribution in [0.2, 0.25) is 0 Å². The zero-order valence-corrected chi connectivity index (χ0v) is 20.6. The predicted molar refractivity (Wildman–Crippen MR) is 136 cm³/mol. The van der Waals surface area contributed by atoms with Crippen LogP contribution >= 0.6 is 0 Å². The number of β-amino-alcohol motifs (C(OH)–C–C–N with tert-alkyl or cyclic N) is 1. The molecule has 0 bridgehead atoms. The van der Waals surface area contributed by atoms with Crippen LogP contribution in [0.1, 0.15) is 42.6 Å². The number of carbonyl (C=O) groups is 1. The lowest BCUT2D eigenvalue weighted by Gasteiger charge is -2.44. The van der Waals surface area contributed by atoms with Crippen molar-refractivity contribution < 1.29 is 14.6 Å². The van der Waals surface area contributed by atoms with Gasteiger partial charge in [-0.3, -0.25) is 9.78 Å². The third-order valence-corrected chi connectivity index (χ3v) is 7.08. The van der Waals surface area contributed by atoms with E-state index < -0.39 is 5.60 Å². The van der Waals surface area contributed by atoms with Crippen molar-refractivity contribution in [1.82, 2.24) is 19.5 Å². The summed E-state index contributed by atoms with van der Waals surface area (Å²) in [7, 11) is 1.76. The molecule has 9 nitrogen and oxygen atoms in total. The van der Waals surface area contributed by atoms with Crippen molar-refractivity contribution in [3.8, 4) is 0 Å². The molecule has 2 aliphatic heterocycles. The minimum absolute atomic E-state index is 0.0749. The molecule has 0 spiro atoms. The molecule has 2 fully saturated rings. The van der Waals surface area contributed by atoms with Crippen LogP contribution in [0.3, 0.4) is 0 Å². The van der Waals surface area contributed by atoms with Crippen molar-refractivity contribution in [3.63, 3.8) is 0 Å². The molecule has 0 aliphatic carbocycles. The summed E-state index contributed by atoms with van der Waals surface area (Å²) in [6.45, 7) is 6.66. The number of hydrogen-bond donors (Lipinski definition) is 3. The number of hydrazine groups is 1. The fourth-order valence-corrected chi connectivity index (χ4v) is 5.42. The molecule has 0 unspecified atom stereocenters. The lowest BCUT2D eigenvalue weighted by atomic mass is 9.95. The minimum atomic E-state index is -0.806. The fourth-order valence-electron chi connectivity index (χ4n) is 5.42. The van der Waals surface area contributed by atoms with Gasteiger partial charge in [0.25, 0.3) is 5.91 Å². The number of aliphatic hydroxyl groups is 1. The molecule has 9 heteroatoms. The Labute approximate surface area is 204 Å². The number of amides is 1. The summed E-state index contributed by atoms with van der Waals surface area (Å²) in [5, 5.41) is 12.5. The molecule has 5 N–H and O–H groups in total. The maximum atomic E-state index is 13.0. The van der Waals surface area contributed by atoms with Gasteiger partial charge in [-0.15, -0.1) is 0 Å². The van der Waals surface area contributed by atoms with Crippen molar-refractivity contribution in [2.24, 2.45) is 17.5 Å². The highest BCUT2D eigenvalue weighted by atomic mass is 16.5. The van der Waals surface area contributed by atoms with Crippen LogP contribution in [0.4, 0.5) is 0 Å². The van der Waals surface area contributed by atoms with Gasteiger partial charge < -0.3 is 30.1 Å². The smallest absolute Gasteiger partial charge is 0.254 e. The van der Waals surface area contributed by atoms with Crippen LogP contribution in [-0.4, -0.2) is 69.4 Å². The molecule has 0 atom stereocenters. The molecule has 1 aromatic carbocycles. The summed E-state index contributed by atoms with van der Waals surface area (Å²) in [6.07, 6.45) is 3.81. The highest BCUT2D eigenvalue weighted by molar-refractivity contribution is 6.09. The van der Waals surface area contributed by atoms with E-state index in [1.54, 1.807) is 25.1 Å². The number of allylic oxidation sites excluding steroid dienone is 1. The summed E-state index contributed by atoms with van der Waals surface area (Å²) < 4.78 is 7.88. The zero-order chi connectivity index (χ0) is 24.9. The Morgan fingerprint density at radius 3 is 2.57 bits per heavy atom. The van der Waals surface area contributed by atoms with Crippen LogP contribution < -0.4 is 11.6 Å². The molecule has 4 heterocycles. The second-order valence-corrected chi connectivity index (χ2v) is 10.3. The van der Waals surface area contributed by atoms with E-state index in [2.05, 4.69) is 10.6 Å². The quantitative estimate of drug-likeness (QED) is 0.380.